The first-order chi connectivity index (χ1) is 11.3. The zero-order chi connectivity index (χ0) is 16.1. The summed E-state index contributed by atoms with van der Waals surface area (Å²) in [5.74, 6) is 0.202. The van der Waals surface area contributed by atoms with Crippen molar-refractivity contribution in [2.75, 3.05) is 0 Å². The van der Waals surface area contributed by atoms with Gasteiger partial charge in [0, 0.05) is 28.8 Å². The van der Waals surface area contributed by atoms with Crippen LogP contribution in [0.15, 0.2) is 84.9 Å². The SMILES string of the molecule is CC(=O)Cc1ccccc1P(c1ccccc1)c1ccccc1.[Au]. The summed E-state index contributed by atoms with van der Waals surface area (Å²) in [6.07, 6.45) is 0.495. The summed E-state index contributed by atoms with van der Waals surface area (Å²) >= 11 is 0. The van der Waals surface area contributed by atoms with Gasteiger partial charge in [0.15, 0.2) is 0 Å². The molecule has 3 heteroatoms. The van der Waals surface area contributed by atoms with Crippen LogP contribution >= 0.6 is 7.92 Å². The molecular weight excluding hydrogens is 496 g/mol. The molecule has 0 unspecified atom stereocenters. The van der Waals surface area contributed by atoms with E-state index in [0.717, 1.165) is 5.56 Å². The first-order valence-corrected chi connectivity index (χ1v) is 9.07. The van der Waals surface area contributed by atoms with Crippen molar-refractivity contribution in [3.05, 3.63) is 90.5 Å². The zero-order valence-corrected chi connectivity index (χ0v) is 16.5. The van der Waals surface area contributed by atoms with Crippen molar-refractivity contribution < 1.29 is 27.2 Å². The number of benzene rings is 3. The number of ketones is 1. The number of carbonyl (C=O) groups is 1. The van der Waals surface area contributed by atoms with Gasteiger partial charge in [0.25, 0.3) is 0 Å². The molecule has 0 saturated heterocycles. The molecule has 24 heavy (non-hydrogen) atoms. The zero-order valence-electron chi connectivity index (χ0n) is 13.4. The van der Waals surface area contributed by atoms with Gasteiger partial charge in [-0.25, -0.2) is 0 Å². The van der Waals surface area contributed by atoms with Crippen LogP contribution in [0.25, 0.3) is 0 Å². The number of hydrogen-bond acceptors (Lipinski definition) is 1. The van der Waals surface area contributed by atoms with Gasteiger partial charge in [-0.05, 0) is 36.3 Å². The van der Waals surface area contributed by atoms with Crippen LogP contribution in [0.3, 0.4) is 0 Å². The van der Waals surface area contributed by atoms with Crippen molar-refractivity contribution in [3.8, 4) is 0 Å². The standard InChI is InChI=1S/C21H19OP.Au/c1-17(22)16-18-10-8-9-15-21(18)23(19-11-4-2-5-12-19)20-13-6-3-7-14-20;/h2-15H,16H2,1H3;. The van der Waals surface area contributed by atoms with Crippen LogP contribution in [0.1, 0.15) is 12.5 Å². The molecule has 0 aromatic heterocycles. The van der Waals surface area contributed by atoms with Crippen molar-refractivity contribution in [1.29, 1.82) is 0 Å². The quantitative estimate of drug-likeness (QED) is 0.375. The third-order valence-corrected chi connectivity index (χ3v) is 6.25. The Morgan fingerprint density at radius 1 is 0.750 bits per heavy atom. The normalized spacial score (nSPS) is 10.2. The Labute approximate surface area is 160 Å². The molecule has 1 radical (unpaired) electrons. The Balaban J connectivity index is 0.00000208. The van der Waals surface area contributed by atoms with Gasteiger partial charge in [0.05, 0.1) is 0 Å². The summed E-state index contributed by atoms with van der Waals surface area (Å²) < 4.78 is 0. The van der Waals surface area contributed by atoms with E-state index < -0.39 is 7.92 Å². The van der Waals surface area contributed by atoms with Gasteiger partial charge in [-0.3, -0.25) is 4.79 Å². The molecule has 0 bridgehead atoms. The molecule has 3 aromatic rings. The van der Waals surface area contributed by atoms with Gasteiger partial charge in [-0.15, -0.1) is 0 Å². The van der Waals surface area contributed by atoms with Crippen LogP contribution in [0, 0.1) is 0 Å². The van der Waals surface area contributed by atoms with E-state index in [0.29, 0.717) is 6.42 Å². The molecule has 0 aliphatic heterocycles. The van der Waals surface area contributed by atoms with Gasteiger partial charge < -0.3 is 0 Å². The molecule has 0 fully saturated rings. The topological polar surface area (TPSA) is 17.1 Å². The summed E-state index contributed by atoms with van der Waals surface area (Å²) in [5, 5.41) is 3.89. The Morgan fingerprint density at radius 2 is 1.21 bits per heavy atom. The van der Waals surface area contributed by atoms with E-state index in [2.05, 4.69) is 66.7 Å². The van der Waals surface area contributed by atoms with Crippen molar-refractivity contribution in [1.82, 2.24) is 0 Å². The van der Waals surface area contributed by atoms with Crippen molar-refractivity contribution in [3.63, 3.8) is 0 Å². The third kappa shape index (κ3) is 4.53. The Kier molecular flexibility index (Phi) is 7.15. The van der Waals surface area contributed by atoms with Gasteiger partial charge in [-0.2, -0.15) is 0 Å². The molecule has 125 valence electrons. The fourth-order valence-electron chi connectivity index (χ4n) is 2.73. The third-order valence-electron chi connectivity index (χ3n) is 3.70. The maximum atomic E-state index is 11.7. The smallest absolute Gasteiger partial charge is 0.134 e. The Morgan fingerprint density at radius 3 is 1.71 bits per heavy atom. The second-order valence-corrected chi connectivity index (χ2v) is 7.70. The maximum Gasteiger partial charge on any atom is 0.134 e. The molecule has 1 nitrogen and oxygen atoms in total. The van der Waals surface area contributed by atoms with Gasteiger partial charge in [0.1, 0.15) is 5.78 Å². The summed E-state index contributed by atoms with van der Waals surface area (Å²) in [6, 6.07) is 29.5. The first kappa shape index (κ1) is 18.8. The largest absolute Gasteiger partial charge is 0.300 e. The molecule has 0 spiro atoms. The Hall–Kier alpha value is -1.50. The molecule has 0 aliphatic rings. The maximum absolute atomic E-state index is 11.7. The number of carbonyl (C=O) groups excluding carboxylic acids is 1. The fraction of sp³-hybridized carbons (Fsp3) is 0.0952. The van der Waals surface area contributed by atoms with E-state index in [1.165, 1.54) is 15.9 Å². The molecular formula is C21H19AuOP. The van der Waals surface area contributed by atoms with Gasteiger partial charge in [-0.1, -0.05) is 84.9 Å². The predicted molar refractivity (Wildman–Crippen MR) is 99.5 cm³/mol. The van der Waals surface area contributed by atoms with E-state index in [-0.39, 0.29) is 28.2 Å². The summed E-state index contributed by atoms with van der Waals surface area (Å²) in [6.45, 7) is 1.66. The van der Waals surface area contributed by atoms with Crippen LogP contribution < -0.4 is 15.9 Å². The van der Waals surface area contributed by atoms with E-state index in [1.807, 2.05) is 18.2 Å². The van der Waals surface area contributed by atoms with Crippen LogP contribution in [-0.4, -0.2) is 5.78 Å². The van der Waals surface area contributed by atoms with Crippen molar-refractivity contribution >= 4 is 29.6 Å². The Bertz CT molecular complexity index is 748. The fourth-order valence-corrected chi connectivity index (χ4v) is 5.20. The van der Waals surface area contributed by atoms with E-state index in [9.17, 15) is 4.79 Å². The van der Waals surface area contributed by atoms with E-state index in [1.54, 1.807) is 6.92 Å². The number of Topliss-reactive ketones (excluding diaryl/α,β-unsaturated/α-hetero) is 1. The van der Waals surface area contributed by atoms with Crippen LogP contribution in [0.2, 0.25) is 0 Å². The predicted octanol–water partition coefficient (Wildman–Crippen LogP) is 3.57. The van der Waals surface area contributed by atoms with E-state index >= 15 is 0 Å². The molecule has 0 N–H and O–H groups in total. The minimum Gasteiger partial charge on any atom is -0.300 e. The van der Waals surface area contributed by atoms with Crippen molar-refractivity contribution in [2.24, 2.45) is 0 Å². The molecule has 3 rings (SSSR count). The summed E-state index contributed by atoms with van der Waals surface area (Å²) in [7, 11) is -0.650. The number of rotatable bonds is 5. The van der Waals surface area contributed by atoms with Crippen molar-refractivity contribution in [2.45, 2.75) is 13.3 Å². The minimum atomic E-state index is -0.650. The van der Waals surface area contributed by atoms with Crippen LogP contribution in [0.4, 0.5) is 0 Å². The summed E-state index contributed by atoms with van der Waals surface area (Å²) in [4.78, 5) is 11.7. The molecule has 0 heterocycles. The average Bonchev–Trinajstić information content (AvgIpc) is 2.58. The minimum absolute atomic E-state index is 0. The number of hydrogen-bond donors (Lipinski definition) is 0. The monoisotopic (exact) mass is 515 g/mol. The first-order valence-electron chi connectivity index (χ1n) is 7.73. The molecule has 0 amide bonds. The molecule has 0 saturated carbocycles. The molecule has 0 aliphatic carbocycles. The van der Waals surface area contributed by atoms with Gasteiger partial charge >= 0.3 is 0 Å². The summed E-state index contributed by atoms with van der Waals surface area (Å²) in [5.41, 5.74) is 1.14. The molecule has 0 atom stereocenters. The van der Waals surface area contributed by atoms with E-state index in [4.69, 9.17) is 0 Å². The van der Waals surface area contributed by atoms with Crippen LogP contribution in [-0.2, 0) is 33.6 Å². The second kappa shape index (κ2) is 9.11. The van der Waals surface area contributed by atoms with Gasteiger partial charge in [0.2, 0.25) is 0 Å². The van der Waals surface area contributed by atoms with Crippen LogP contribution in [0.5, 0.6) is 0 Å². The average molecular weight is 515 g/mol. The molecule has 3 aromatic carbocycles. The second-order valence-electron chi connectivity index (χ2n) is 5.51.